The molecule has 22 heteroatoms. The summed E-state index contributed by atoms with van der Waals surface area (Å²) in [6, 6.07) is 0. The predicted octanol–water partition coefficient (Wildman–Crippen LogP) is -6.44. The number of carbonyl (C=O) groups excluding carboxylic acids is 6. The highest BCUT2D eigenvalue weighted by Gasteiger charge is 2.38. The fraction of sp³-hybridized carbons (Fsp3) is 0.462. The third kappa shape index (κ3) is 11.3. The van der Waals surface area contributed by atoms with Gasteiger partial charge in [0.1, 0.15) is 0 Å². The number of ether oxygens (including phenoxy) is 6. The first-order valence-corrected chi connectivity index (χ1v) is 13.2. The third-order valence-electron chi connectivity index (χ3n) is 5.23. The Balaban J connectivity index is 4.63. The molecule has 0 saturated carbocycles. The molecule has 0 saturated heterocycles. The van der Waals surface area contributed by atoms with Crippen molar-refractivity contribution in [1.82, 2.24) is 0 Å². The second-order valence-electron chi connectivity index (χ2n) is 8.74. The first kappa shape index (κ1) is 41.4. The Bertz CT molecular complexity index is 1280. The van der Waals surface area contributed by atoms with E-state index >= 15 is 0 Å². The molecule has 10 N–H and O–H groups in total. The molecule has 268 valence electrons. The Kier molecular flexibility index (Phi) is 17.2. The summed E-state index contributed by atoms with van der Waals surface area (Å²) in [6.45, 7) is -5.55. The molecule has 1 aromatic carbocycles. The molecule has 0 aliphatic carbocycles. The van der Waals surface area contributed by atoms with E-state index in [2.05, 4.69) is 0 Å². The molecule has 1 rings (SSSR count). The van der Waals surface area contributed by atoms with Crippen molar-refractivity contribution in [3.8, 4) is 28.7 Å². The van der Waals surface area contributed by atoms with Gasteiger partial charge < -0.3 is 79.5 Å². The van der Waals surface area contributed by atoms with E-state index in [0.717, 1.165) is 0 Å². The predicted molar refractivity (Wildman–Crippen MR) is 146 cm³/mol. The van der Waals surface area contributed by atoms with Gasteiger partial charge >= 0.3 is 35.8 Å². The quantitative estimate of drug-likeness (QED) is 0.0387. The SMILES string of the molecule is CCOC(=O)C=Cc1c(OC(=O)C(O)CO)c(OC(=O)C(O)CO)c(OC(=O)C(O)CO)c(OC(=O)C(O)CO)c1OC(=O)C(O)CO. The Morgan fingerprint density at radius 3 is 1.00 bits per heavy atom. The minimum atomic E-state index is -2.45. The largest absolute Gasteiger partial charge is 0.463 e. The summed E-state index contributed by atoms with van der Waals surface area (Å²) in [5.74, 6) is -17.7. The van der Waals surface area contributed by atoms with Gasteiger partial charge in [0.25, 0.3) is 0 Å². The maximum atomic E-state index is 12.6. The molecule has 0 heterocycles. The fourth-order valence-electron chi connectivity index (χ4n) is 2.85. The first-order valence-electron chi connectivity index (χ1n) is 13.2. The number of aliphatic hydroxyl groups is 10. The maximum Gasteiger partial charge on any atom is 0.343 e. The molecule has 5 atom stereocenters. The lowest BCUT2D eigenvalue weighted by atomic mass is 10.1. The summed E-state index contributed by atoms with van der Waals surface area (Å²) in [5, 5.41) is 95.4. The average molecular weight is 697 g/mol. The van der Waals surface area contributed by atoms with E-state index in [4.69, 9.17) is 28.4 Å². The van der Waals surface area contributed by atoms with Crippen LogP contribution < -0.4 is 23.7 Å². The van der Waals surface area contributed by atoms with Crippen LogP contribution in [0.5, 0.6) is 28.7 Å². The monoisotopic (exact) mass is 696 g/mol. The van der Waals surface area contributed by atoms with Crippen molar-refractivity contribution in [2.45, 2.75) is 37.4 Å². The second kappa shape index (κ2) is 19.9. The summed E-state index contributed by atoms with van der Waals surface area (Å²) < 4.78 is 29.4. The van der Waals surface area contributed by atoms with E-state index in [0.29, 0.717) is 12.2 Å². The maximum absolute atomic E-state index is 12.6. The van der Waals surface area contributed by atoms with Crippen molar-refractivity contribution in [2.75, 3.05) is 39.6 Å². The van der Waals surface area contributed by atoms with Gasteiger partial charge in [-0.3, -0.25) is 0 Å². The lowest BCUT2D eigenvalue weighted by Crippen LogP contribution is -2.34. The molecular weight excluding hydrogens is 664 g/mol. The van der Waals surface area contributed by atoms with E-state index in [1.807, 2.05) is 0 Å². The molecule has 0 aromatic heterocycles. The van der Waals surface area contributed by atoms with Crippen LogP contribution in [-0.4, -0.2) is 157 Å². The zero-order chi connectivity index (χ0) is 36.7. The van der Waals surface area contributed by atoms with Crippen LogP contribution in [0.4, 0.5) is 0 Å². The summed E-state index contributed by atoms with van der Waals surface area (Å²) in [5.41, 5.74) is -1.06. The van der Waals surface area contributed by atoms with E-state index in [1.54, 1.807) is 0 Å². The molecule has 0 amide bonds. The summed E-state index contributed by atoms with van der Waals surface area (Å²) >= 11 is 0. The standard InChI is InChI=1S/C26H32O22/c1-2-43-16(37)4-3-10-17(44-22(38)11(32)5-27)19(46-24(40)13(34)7-29)21(48-26(42)15(36)9-31)20(47-25(41)14(35)8-30)18(10)45-23(39)12(33)6-28/h3-4,11-15,27-36H,2,5-9H2,1H3. The molecule has 0 fully saturated rings. The first-order chi connectivity index (χ1) is 22.6. The lowest BCUT2D eigenvalue weighted by Gasteiger charge is -2.24. The van der Waals surface area contributed by atoms with E-state index in [9.17, 15) is 79.8 Å². The molecule has 0 spiro atoms. The van der Waals surface area contributed by atoms with Crippen LogP contribution in [-0.2, 0) is 33.5 Å². The Labute approximate surface area is 268 Å². The highest BCUT2D eigenvalue weighted by molar-refractivity contribution is 5.95. The van der Waals surface area contributed by atoms with Gasteiger partial charge in [0, 0.05) is 6.08 Å². The molecule has 0 radical (unpaired) electrons. The Hall–Kier alpha value is -4.62. The van der Waals surface area contributed by atoms with Crippen molar-refractivity contribution in [2.24, 2.45) is 0 Å². The average Bonchev–Trinajstić information content (AvgIpc) is 3.08. The number of hydrogen-bond donors (Lipinski definition) is 10. The molecular formula is C26H32O22. The number of benzene rings is 1. The van der Waals surface area contributed by atoms with Crippen LogP contribution in [0.2, 0.25) is 0 Å². The van der Waals surface area contributed by atoms with Crippen molar-refractivity contribution in [3.63, 3.8) is 0 Å². The smallest absolute Gasteiger partial charge is 0.343 e. The number of hydrogen-bond acceptors (Lipinski definition) is 22. The fourth-order valence-corrected chi connectivity index (χ4v) is 2.85. The van der Waals surface area contributed by atoms with Gasteiger partial charge in [-0.2, -0.15) is 0 Å². The molecule has 48 heavy (non-hydrogen) atoms. The number of aliphatic hydroxyl groups excluding tert-OH is 10. The molecule has 1 aromatic rings. The summed E-state index contributed by atoms with van der Waals surface area (Å²) in [4.78, 5) is 75.4. The minimum Gasteiger partial charge on any atom is -0.463 e. The topological polar surface area (TPSA) is 360 Å². The normalized spacial score (nSPS) is 14.2. The van der Waals surface area contributed by atoms with E-state index in [1.165, 1.54) is 6.92 Å². The highest BCUT2D eigenvalue weighted by atomic mass is 16.6. The minimum absolute atomic E-state index is 0.232. The van der Waals surface area contributed by atoms with E-state index < -0.39 is 134 Å². The highest BCUT2D eigenvalue weighted by Crippen LogP contribution is 2.55. The van der Waals surface area contributed by atoms with Gasteiger partial charge in [-0.1, -0.05) is 0 Å². The van der Waals surface area contributed by atoms with Crippen molar-refractivity contribution < 1.29 is 108 Å². The van der Waals surface area contributed by atoms with Crippen LogP contribution in [0.1, 0.15) is 12.5 Å². The van der Waals surface area contributed by atoms with Crippen molar-refractivity contribution in [1.29, 1.82) is 0 Å². The summed E-state index contributed by atoms with van der Waals surface area (Å²) in [7, 11) is 0. The van der Waals surface area contributed by atoms with E-state index in [-0.39, 0.29) is 6.61 Å². The van der Waals surface area contributed by atoms with Crippen molar-refractivity contribution in [3.05, 3.63) is 11.6 Å². The van der Waals surface area contributed by atoms with Gasteiger partial charge in [-0.05, 0) is 13.0 Å². The molecule has 5 unspecified atom stereocenters. The van der Waals surface area contributed by atoms with Crippen LogP contribution in [0.25, 0.3) is 6.08 Å². The zero-order valence-corrected chi connectivity index (χ0v) is 24.7. The van der Waals surface area contributed by atoms with Crippen LogP contribution in [0.15, 0.2) is 6.08 Å². The van der Waals surface area contributed by atoms with Crippen LogP contribution in [0, 0.1) is 0 Å². The third-order valence-corrected chi connectivity index (χ3v) is 5.23. The molecule has 0 aliphatic heterocycles. The zero-order valence-electron chi connectivity index (χ0n) is 24.7. The van der Waals surface area contributed by atoms with Gasteiger partial charge in [0.15, 0.2) is 42.0 Å². The number of rotatable bonds is 18. The lowest BCUT2D eigenvalue weighted by molar-refractivity contribution is -0.151. The van der Waals surface area contributed by atoms with Crippen LogP contribution in [0.3, 0.4) is 0 Å². The molecule has 22 nitrogen and oxygen atoms in total. The number of carbonyl (C=O) groups is 6. The van der Waals surface area contributed by atoms with Gasteiger partial charge in [-0.15, -0.1) is 0 Å². The Morgan fingerprint density at radius 1 is 0.500 bits per heavy atom. The van der Waals surface area contributed by atoms with Gasteiger partial charge in [-0.25, -0.2) is 28.8 Å². The molecule has 0 bridgehead atoms. The number of esters is 6. The molecule has 0 aliphatic rings. The van der Waals surface area contributed by atoms with Crippen LogP contribution >= 0.6 is 0 Å². The second-order valence-corrected chi connectivity index (χ2v) is 8.74. The summed E-state index contributed by atoms with van der Waals surface area (Å²) in [6.07, 6.45) is -11.1. The Morgan fingerprint density at radius 2 is 0.750 bits per heavy atom. The van der Waals surface area contributed by atoms with Crippen molar-refractivity contribution >= 4 is 41.9 Å². The van der Waals surface area contributed by atoms with Gasteiger partial charge in [0.2, 0.25) is 17.2 Å². The van der Waals surface area contributed by atoms with Gasteiger partial charge in [0.05, 0.1) is 45.2 Å².